The lowest BCUT2D eigenvalue weighted by molar-refractivity contribution is -0.121. The van der Waals surface area contributed by atoms with Gasteiger partial charge in [-0.25, -0.2) is 0 Å². The van der Waals surface area contributed by atoms with E-state index in [2.05, 4.69) is 20.7 Å². The highest BCUT2D eigenvalue weighted by Crippen LogP contribution is 2.23. The second-order valence-corrected chi connectivity index (χ2v) is 6.55. The average Bonchev–Trinajstić information content (AvgIpc) is 3.23. The number of hydrogen-bond donors (Lipinski definition) is 1. The number of amides is 2. The fourth-order valence-corrected chi connectivity index (χ4v) is 3.32. The van der Waals surface area contributed by atoms with Gasteiger partial charge in [0.2, 0.25) is 11.0 Å². The van der Waals surface area contributed by atoms with E-state index in [4.69, 9.17) is 4.52 Å². The summed E-state index contributed by atoms with van der Waals surface area (Å²) >= 11 is 1.29. The minimum Gasteiger partial charge on any atom is -0.361 e. The molecule has 0 aromatic carbocycles. The number of nitrogens with one attached hydrogen (secondary N) is 1. The summed E-state index contributed by atoms with van der Waals surface area (Å²) in [5.41, 5.74) is 2.83. The second-order valence-electron chi connectivity index (χ2n) is 5.71. The van der Waals surface area contributed by atoms with Crippen molar-refractivity contribution in [2.75, 3.05) is 18.4 Å². The van der Waals surface area contributed by atoms with Crippen LogP contribution in [0.1, 0.15) is 41.6 Å². The molecule has 0 saturated carbocycles. The molecule has 1 saturated heterocycles. The minimum absolute atomic E-state index is 0.0609. The minimum atomic E-state index is -0.118. The second kappa shape index (κ2) is 7.08. The molecule has 3 heterocycles. The molecule has 128 valence electrons. The van der Waals surface area contributed by atoms with Crippen LogP contribution >= 0.6 is 11.3 Å². The molecule has 0 atom stereocenters. The van der Waals surface area contributed by atoms with Crippen LogP contribution in [0.25, 0.3) is 0 Å². The highest BCUT2D eigenvalue weighted by Gasteiger charge is 2.30. The van der Waals surface area contributed by atoms with Gasteiger partial charge in [0.05, 0.1) is 5.69 Å². The Morgan fingerprint density at radius 2 is 2.17 bits per heavy atom. The summed E-state index contributed by atoms with van der Waals surface area (Å²) in [7, 11) is 0. The molecule has 8 nitrogen and oxygen atoms in total. The Morgan fingerprint density at radius 1 is 1.42 bits per heavy atom. The molecule has 1 N–H and O–H groups in total. The first-order valence-electron chi connectivity index (χ1n) is 7.91. The molecule has 1 aliphatic rings. The lowest BCUT2D eigenvalue weighted by Crippen LogP contribution is -2.41. The topological polar surface area (TPSA) is 101 Å². The van der Waals surface area contributed by atoms with Crippen LogP contribution in [0.5, 0.6) is 0 Å². The summed E-state index contributed by atoms with van der Waals surface area (Å²) in [5.74, 6) is 0.308. The van der Waals surface area contributed by atoms with Crippen molar-refractivity contribution < 1.29 is 14.1 Å². The van der Waals surface area contributed by atoms with E-state index < -0.39 is 0 Å². The first-order valence-corrected chi connectivity index (χ1v) is 8.79. The van der Waals surface area contributed by atoms with Crippen molar-refractivity contribution in [2.24, 2.45) is 5.92 Å². The van der Waals surface area contributed by atoms with Crippen molar-refractivity contribution in [3.8, 4) is 0 Å². The summed E-state index contributed by atoms with van der Waals surface area (Å²) < 4.78 is 5.14. The number of carbonyl (C=O) groups is 2. The SMILES string of the molecule is CCc1noc(C)c1C(=O)N1CCC(C(=O)Nc2nncs2)CC1. The first-order chi connectivity index (χ1) is 11.6. The number of aromatic nitrogens is 3. The van der Waals surface area contributed by atoms with Gasteiger partial charge in [0.25, 0.3) is 5.91 Å². The van der Waals surface area contributed by atoms with Gasteiger partial charge in [-0.15, -0.1) is 10.2 Å². The maximum Gasteiger partial charge on any atom is 0.259 e. The first kappa shape index (κ1) is 16.6. The molecule has 24 heavy (non-hydrogen) atoms. The van der Waals surface area contributed by atoms with Gasteiger partial charge < -0.3 is 14.7 Å². The molecular weight excluding hydrogens is 330 g/mol. The summed E-state index contributed by atoms with van der Waals surface area (Å²) in [6, 6.07) is 0. The number of likely N-dealkylation sites (tertiary alicyclic amines) is 1. The van der Waals surface area contributed by atoms with Crippen molar-refractivity contribution in [1.29, 1.82) is 0 Å². The Kier molecular flexibility index (Phi) is 4.89. The van der Waals surface area contributed by atoms with Crippen LogP contribution in [-0.2, 0) is 11.2 Å². The molecule has 3 rings (SSSR count). The zero-order valence-electron chi connectivity index (χ0n) is 13.6. The highest BCUT2D eigenvalue weighted by atomic mass is 32.1. The lowest BCUT2D eigenvalue weighted by atomic mass is 9.95. The van der Waals surface area contributed by atoms with E-state index in [1.807, 2.05) is 6.92 Å². The maximum absolute atomic E-state index is 12.7. The van der Waals surface area contributed by atoms with Gasteiger partial charge in [-0.2, -0.15) is 0 Å². The fraction of sp³-hybridized carbons (Fsp3) is 0.533. The van der Waals surface area contributed by atoms with E-state index >= 15 is 0 Å². The zero-order chi connectivity index (χ0) is 17.1. The average molecular weight is 349 g/mol. The third kappa shape index (κ3) is 3.30. The maximum atomic E-state index is 12.7. The molecule has 1 aliphatic heterocycles. The van der Waals surface area contributed by atoms with E-state index in [1.54, 1.807) is 17.3 Å². The van der Waals surface area contributed by atoms with Gasteiger partial charge >= 0.3 is 0 Å². The molecular formula is C15H19N5O3S. The summed E-state index contributed by atoms with van der Waals surface area (Å²) in [4.78, 5) is 26.7. The van der Waals surface area contributed by atoms with Crippen molar-refractivity contribution in [2.45, 2.75) is 33.1 Å². The number of carbonyl (C=O) groups excluding carboxylic acids is 2. The predicted molar refractivity (Wildman–Crippen MR) is 87.8 cm³/mol. The van der Waals surface area contributed by atoms with E-state index in [9.17, 15) is 9.59 Å². The fourth-order valence-electron chi connectivity index (χ4n) is 2.87. The summed E-state index contributed by atoms with van der Waals surface area (Å²) in [6.45, 7) is 4.78. The standard InChI is InChI=1S/C15H19N5O3S/c1-3-11-12(9(2)23-19-11)14(22)20-6-4-10(5-7-20)13(21)17-15-18-16-8-24-15/h8,10H,3-7H2,1-2H3,(H,17,18,21). The Labute approximate surface area is 143 Å². The molecule has 0 spiro atoms. The lowest BCUT2D eigenvalue weighted by Gasteiger charge is -2.31. The smallest absolute Gasteiger partial charge is 0.259 e. The van der Waals surface area contributed by atoms with Crippen molar-refractivity contribution in [3.63, 3.8) is 0 Å². The largest absolute Gasteiger partial charge is 0.361 e. The number of aryl methyl sites for hydroxylation is 2. The molecule has 9 heteroatoms. The quantitative estimate of drug-likeness (QED) is 0.904. The number of anilines is 1. The van der Waals surface area contributed by atoms with Crippen molar-refractivity contribution in [1.82, 2.24) is 20.3 Å². The van der Waals surface area contributed by atoms with Gasteiger partial charge in [-0.1, -0.05) is 23.4 Å². The third-order valence-electron chi connectivity index (χ3n) is 4.23. The zero-order valence-corrected chi connectivity index (χ0v) is 14.4. The number of hydrogen-bond acceptors (Lipinski definition) is 7. The molecule has 0 unspecified atom stereocenters. The molecule has 0 radical (unpaired) electrons. The van der Waals surface area contributed by atoms with Gasteiger partial charge in [0.15, 0.2) is 0 Å². The molecule has 2 aromatic heterocycles. The molecule has 1 fully saturated rings. The monoisotopic (exact) mass is 349 g/mol. The summed E-state index contributed by atoms with van der Waals surface area (Å²) in [6.07, 6.45) is 1.91. The van der Waals surface area contributed by atoms with E-state index in [1.165, 1.54) is 11.3 Å². The Morgan fingerprint density at radius 3 is 2.79 bits per heavy atom. The van der Waals surface area contributed by atoms with E-state index in [-0.39, 0.29) is 17.7 Å². The number of piperidine rings is 1. The van der Waals surface area contributed by atoms with Crippen LogP contribution in [0.15, 0.2) is 10.0 Å². The van der Waals surface area contributed by atoms with Crippen LogP contribution in [0.4, 0.5) is 5.13 Å². The Bertz CT molecular complexity index is 720. The molecule has 2 aromatic rings. The van der Waals surface area contributed by atoms with Crippen LogP contribution in [0, 0.1) is 12.8 Å². The Balaban J connectivity index is 1.59. The Hall–Kier alpha value is -2.29. The van der Waals surface area contributed by atoms with Gasteiger partial charge in [-0.3, -0.25) is 9.59 Å². The molecule has 0 aliphatic carbocycles. The number of rotatable bonds is 4. The summed E-state index contributed by atoms with van der Waals surface area (Å²) in [5, 5.41) is 14.7. The number of nitrogens with zero attached hydrogens (tertiary/aromatic N) is 4. The van der Waals surface area contributed by atoms with Crippen LogP contribution in [0.2, 0.25) is 0 Å². The van der Waals surface area contributed by atoms with Crippen LogP contribution in [-0.4, -0.2) is 45.2 Å². The van der Waals surface area contributed by atoms with Crippen LogP contribution in [0.3, 0.4) is 0 Å². The molecule has 2 amide bonds. The normalized spacial score (nSPS) is 15.5. The van der Waals surface area contributed by atoms with Gasteiger partial charge in [0, 0.05) is 19.0 Å². The van der Waals surface area contributed by atoms with E-state index in [0.29, 0.717) is 54.5 Å². The third-order valence-corrected chi connectivity index (χ3v) is 4.83. The van der Waals surface area contributed by atoms with Gasteiger partial charge in [-0.05, 0) is 26.2 Å². The molecule has 0 bridgehead atoms. The van der Waals surface area contributed by atoms with Crippen LogP contribution < -0.4 is 5.32 Å². The van der Waals surface area contributed by atoms with Gasteiger partial charge in [0.1, 0.15) is 16.8 Å². The van der Waals surface area contributed by atoms with E-state index in [0.717, 1.165) is 0 Å². The van der Waals surface area contributed by atoms with Crippen molar-refractivity contribution >= 4 is 28.3 Å². The van der Waals surface area contributed by atoms with Crippen molar-refractivity contribution in [3.05, 3.63) is 22.5 Å². The predicted octanol–water partition coefficient (Wildman–Crippen LogP) is 1.89. The highest BCUT2D eigenvalue weighted by molar-refractivity contribution is 7.13.